The first kappa shape index (κ1) is 18.2. The van der Waals surface area contributed by atoms with Crippen molar-refractivity contribution in [3.8, 4) is 11.1 Å². The second-order valence-electron chi connectivity index (χ2n) is 7.34. The summed E-state index contributed by atoms with van der Waals surface area (Å²) in [6, 6.07) is 3.85. The summed E-state index contributed by atoms with van der Waals surface area (Å²) in [6.45, 7) is 1.70. The fourth-order valence-electron chi connectivity index (χ4n) is 4.07. The molecule has 0 amide bonds. The molecular weight excluding hydrogens is 360 g/mol. The van der Waals surface area contributed by atoms with E-state index in [2.05, 4.69) is 20.6 Å². The predicted molar refractivity (Wildman–Crippen MR) is 93.8 cm³/mol. The van der Waals surface area contributed by atoms with Crippen molar-refractivity contribution in [2.24, 2.45) is 0 Å². The Morgan fingerprint density at radius 1 is 1.11 bits per heavy atom. The summed E-state index contributed by atoms with van der Waals surface area (Å²) in [4.78, 5) is 8.66. The van der Waals surface area contributed by atoms with Gasteiger partial charge < -0.3 is 10.6 Å². The van der Waals surface area contributed by atoms with Crippen molar-refractivity contribution in [2.45, 2.75) is 56.9 Å². The molecule has 2 aromatic rings. The minimum absolute atomic E-state index is 0.0620. The van der Waals surface area contributed by atoms with Crippen LogP contribution < -0.4 is 10.6 Å². The molecule has 0 spiro atoms. The Morgan fingerprint density at radius 3 is 2.41 bits per heavy atom. The minimum Gasteiger partial charge on any atom is -0.351 e. The number of alkyl halides is 3. The Bertz CT molecular complexity index is 840. The Labute approximate surface area is 154 Å². The van der Waals surface area contributed by atoms with E-state index in [-0.39, 0.29) is 11.6 Å². The van der Waals surface area contributed by atoms with E-state index in [1.165, 1.54) is 19.0 Å². The summed E-state index contributed by atoms with van der Waals surface area (Å²) in [5.74, 6) is -0.470. The van der Waals surface area contributed by atoms with E-state index in [9.17, 15) is 17.6 Å². The van der Waals surface area contributed by atoms with Crippen LogP contribution in [0.4, 0.5) is 23.5 Å². The van der Waals surface area contributed by atoms with Crippen LogP contribution in [0.15, 0.2) is 24.4 Å². The van der Waals surface area contributed by atoms with Crippen LogP contribution in [-0.4, -0.2) is 28.1 Å². The molecule has 0 aliphatic carbocycles. The molecule has 3 atom stereocenters. The lowest BCUT2D eigenvalue weighted by Gasteiger charge is -2.29. The molecule has 0 saturated carbocycles. The number of hydrogen-bond acceptors (Lipinski definition) is 4. The third-order valence-corrected chi connectivity index (χ3v) is 5.37. The molecule has 1 aromatic carbocycles. The van der Waals surface area contributed by atoms with Gasteiger partial charge in [-0.15, -0.1) is 0 Å². The Balaban J connectivity index is 1.53. The van der Waals surface area contributed by atoms with E-state index < -0.39 is 17.6 Å². The Hall–Kier alpha value is -2.22. The highest BCUT2D eigenvalue weighted by molar-refractivity contribution is 5.66. The van der Waals surface area contributed by atoms with E-state index in [0.29, 0.717) is 35.4 Å². The first-order chi connectivity index (χ1) is 12.8. The normalized spacial score (nSPS) is 24.9. The number of nitrogens with zero attached hydrogens (tertiary/aromatic N) is 2. The predicted octanol–water partition coefficient (Wildman–Crippen LogP) is 4.30. The number of halogens is 4. The van der Waals surface area contributed by atoms with Crippen molar-refractivity contribution >= 4 is 5.95 Å². The molecule has 144 valence electrons. The van der Waals surface area contributed by atoms with E-state index in [1.54, 1.807) is 6.92 Å². The van der Waals surface area contributed by atoms with Crippen LogP contribution >= 0.6 is 0 Å². The van der Waals surface area contributed by atoms with Crippen LogP contribution in [0.3, 0.4) is 0 Å². The van der Waals surface area contributed by atoms with Crippen molar-refractivity contribution in [2.75, 3.05) is 5.32 Å². The lowest BCUT2D eigenvalue weighted by atomic mass is 10.00. The average Bonchev–Trinajstić information content (AvgIpc) is 2.93. The molecule has 2 saturated heterocycles. The Morgan fingerprint density at radius 2 is 1.81 bits per heavy atom. The van der Waals surface area contributed by atoms with Gasteiger partial charge in [0.25, 0.3) is 0 Å². The molecule has 0 radical (unpaired) electrons. The van der Waals surface area contributed by atoms with Crippen LogP contribution in [0.5, 0.6) is 0 Å². The second-order valence-corrected chi connectivity index (χ2v) is 7.34. The molecule has 4 nitrogen and oxygen atoms in total. The summed E-state index contributed by atoms with van der Waals surface area (Å²) >= 11 is 0. The van der Waals surface area contributed by atoms with Crippen molar-refractivity contribution < 1.29 is 17.6 Å². The van der Waals surface area contributed by atoms with Gasteiger partial charge in [-0.05, 0) is 44.7 Å². The molecule has 1 unspecified atom stereocenters. The minimum atomic E-state index is -4.58. The van der Waals surface area contributed by atoms with Gasteiger partial charge in [0.05, 0.1) is 11.3 Å². The number of piperidine rings is 1. The van der Waals surface area contributed by atoms with Gasteiger partial charge in [-0.25, -0.2) is 14.4 Å². The van der Waals surface area contributed by atoms with E-state index in [4.69, 9.17) is 0 Å². The first-order valence-electron chi connectivity index (χ1n) is 9.03. The number of rotatable bonds is 3. The maximum absolute atomic E-state index is 14.2. The molecule has 8 heteroatoms. The summed E-state index contributed by atoms with van der Waals surface area (Å²) in [7, 11) is 0. The quantitative estimate of drug-likeness (QED) is 0.780. The molecule has 1 aromatic heterocycles. The van der Waals surface area contributed by atoms with Gasteiger partial charge in [0, 0.05) is 35.4 Å². The smallest absolute Gasteiger partial charge is 0.351 e. The SMILES string of the molecule is Cc1nc(NC2C[C@H]3CC[C@@H](C2)N3)ncc1-c1ccc(C(F)(F)F)cc1F. The number of aromatic nitrogens is 2. The zero-order valence-corrected chi connectivity index (χ0v) is 14.8. The number of fused-ring (bicyclic) bond motifs is 2. The maximum atomic E-state index is 14.2. The standard InChI is InChI=1S/C19H20F4N4/c1-10-16(15-5-2-11(6-17(15)20)19(21,22)23)9-24-18(25-10)27-14-7-12-3-4-13(8-14)26-12/h2,5-6,9,12-14,26H,3-4,7-8H2,1H3,(H,24,25,27)/t12-,13+,14?. The highest BCUT2D eigenvalue weighted by atomic mass is 19.4. The first-order valence-corrected chi connectivity index (χ1v) is 9.03. The van der Waals surface area contributed by atoms with Gasteiger partial charge in [-0.3, -0.25) is 0 Å². The zero-order chi connectivity index (χ0) is 19.2. The fraction of sp³-hybridized carbons (Fsp3) is 0.474. The largest absolute Gasteiger partial charge is 0.416 e. The second kappa shape index (κ2) is 6.74. The molecular formula is C19H20F4N4. The van der Waals surface area contributed by atoms with E-state index in [0.717, 1.165) is 25.0 Å². The lowest BCUT2D eigenvalue weighted by Crippen LogP contribution is -2.43. The van der Waals surface area contributed by atoms with Crippen molar-refractivity contribution in [3.63, 3.8) is 0 Å². The van der Waals surface area contributed by atoms with Crippen LogP contribution in [0.1, 0.15) is 36.9 Å². The molecule has 2 aliphatic rings. The van der Waals surface area contributed by atoms with Gasteiger partial charge in [0.15, 0.2) is 0 Å². The molecule has 3 heterocycles. The molecule has 2 aliphatic heterocycles. The number of anilines is 1. The number of hydrogen-bond donors (Lipinski definition) is 2. The number of aryl methyl sites for hydroxylation is 1. The summed E-state index contributed by atoms with van der Waals surface area (Å²) < 4.78 is 52.4. The fourth-order valence-corrected chi connectivity index (χ4v) is 4.07. The highest BCUT2D eigenvalue weighted by Crippen LogP contribution is 2.34. The molecule has 2 fully saturated rings. The molecule has 2 N–H and O–H groups in total. The van der Waals surface area contributed by atoms with Crippen LogP contribution in [-0.2, 0) is 6.18 Å². The molecule has 2 bridgehead atoms. The summed E-state index contributed by atoms with van der Waals surface area (Å²) in [5, 5.41) is 6.91. The number of benzene rings is 1. The molecule has 27 heavy (non-hydrogen) atoms. The van der Waals surface area contributed by atoms with Gasteiger partial charge in [0.1, 0.15) is 5.82 Å². The highest BCUT2D eigenvalue weighted by Gasteiger charge is 2.34. The lowest BCUT2D eigenvalue weighted by molar-refractivity contribution is -0.137. The van der Waals surface area contributed by atoms with E-state index in [1.807, 2.05) is 0 Å². The molecule has 4 rings (SSSR count). The number of nitrogens with one attached hydrogen (secondary N) is 2. The average molecular weight is 380 g/mol. The van der Waals surface area contributed by atoms with Gasteiger partial charge in [-0.1, -0.05) is 6.07 Å². The van der Waals surface area contributed by atoms with Crippen LogP contribution in [0, 0.1) is 12.7 Å². The topological polar surface area (TPSA) is 49.8 Å². The zero-order valence-electron chi connectivity index (χ0n) is 14.8. The van der Waals surface area contributed by atoms with Crippen LogP contribution in [0.2, 0.25) is 0 Å². The monoisotopic (exact) mass is 380 g/mol. The van der Waals surface area contributed by atoms with Crippen molar-refractivity contribution in [1.29, 1.82) is 0 Å². The third kappa shape index (κ3) is 3.76. The third-order valence-electron chi connectivity index (χ3n) is 5.37. The van der Waals surface area contributed by atoms with Crippen LogP contribution in [0.25, 0.3) is 11.1 Å². The van der Waals surface area contributed by atoms with E-state index >= 15 is 0 Å². The van der Waals surface area contributed by atoms with Crippen molar-refractivity contribution in [1.82, 2.24) is 15.3 Å². The Kier molecular flexibility index (Phi) is 4.53. The summed E-state index contributed by atoms with van der Waals surface area (Å²) in [5.41, 5.74) is -0.0478. The maximum Gasteiger partial charge on any atom is 0.416 e. The van der Waals surface area contributed by atoms with Gasteiger partial charge in [-0.2, -0.15) is 13.2 Å². The summed E-state index contributed by atoms with van der Waals surface area (Å²) in [6.07, 6.45) is 1.28. The van der Waals surface area contributed by atoms with Gasteiger partial charge in [0.2, 0.25) is 5.95 Å². The van der Waals surface area contributed by atoms with Gasteiger partial charge >= 0.3 is 6.18 Å². The van der Waals surface area contributed by atoms with Crippen molar-refractivity contribution in [3.05, 3.63) is 41.5 Å².